The number of hydrogen-bond donors (Lipinski definition) is 2. The van der Waals surface area contributed by atoms with Crippen LogP contribution in [-0.2, 0) is 0 Å². The summed E-state index contributed by atoms with van der Waals surface area (Å²) in [6.07, 6.45) is 5.56. The summed E-state index contributed by atoms with van der Waals surface area (Å²) in [7, 11) is 0. The first kappa shape index (κ1) is 18.5. The standard InChI is InChI=1S/C20H30N6/c1-3-26(17-9-7-8-16(2)14-17)20-18(21)19(23-15-24-20)22-10-13-25-11-5-4-6-12-25/h7-9,14-15H,3-6,10-13,21H2,1-2H3,(H,22,23,24). The van der Waals surface area contributed by atoms with E-state index in [1.54, 1.807) is 6.33 Å². The molecule has 0 atom stereocenters. The number of likely N-dealkylation sites (tertiary alicyclic amines) is 1. The molecular formula is C20H30N6. The fourth-order valence-electron chi connectivity index (χ4n) is 3.51. The maximum absolute atomic E-state index is 6.41. The van der Waals surface area contributed by atoms with E-state index in [2.05, 4.69) is 63.2 Å². The number of nitrogens with two attached hydrogens (primary N) is 1. The lowest BCUT2D eigenvalue weighted by Crippen LogP contribution is -2.34. The lowest BCUT2D eigenvalue weighted by atomic mass is 10.1. The zero-order valence-corrected chi connectivity index (χ0v) is 15.9. The molecule has 0 bridgehead atoms. The minimum Gasteiger partial charge on any atom is -0.393 e. The molecule has 0 saturated carbocycles. The first-order valence-corrected chi connectivity index (χ1v) is 9.60. The molecule has 0 radical (unpaired) electrons. The fourth-order valence-corrected chi connectivity index (χ4v) is 3.51. The van der Waals surface area contributed by atoms with Crippen molar-refractivity contribution in [1.82, 2.24) is 14.9 Å². The maximum Gasteiger partial charge on any atom is 0.161 e. The number of piperidine rings is 1. The molecule has 3 rings (SSSR count). The zero-order chi connectivity index (χ0) is 18.4. The van der Waals surface area contributed by atoms with E-state index in [1.807, 2.05) is 0 Å². The molecule has 1 aromatic heterocycles. The average Bonchev–Trinajstić information content (AvgIpc) is 2.66. The molecule has 3 N–H and O–H groups in total. The van der Waals surface area contributed by atoms with E-state index in [0.717, 1.165) is 37.0 Å². The Kier molecular flexibility index (Phi) is 6.28. The molecule has 26 heavy (non-hydrogen) atoms. The Morgan fingerprint density at radius 2 is 2.00 bits per heavy atom. The van der Waals surface area contributed by atoms with Crippen molar-refractivity contribution in [2.75, 3.05) is 48.7 Å². The van der Waals surface area contributed by atoms with Crippen molar-refractivity contribution in [3.8, 4) is 0 Å². The van der Waals surface area contributed by atoms with Gasteiger partial charge in [0.2, 0.25) is 0 Å². The lowest BCUT2D eigenvalue weighted by Gasteiger charge is -2.27. The van der Waals surface area contributed by atoms with Crippen molar-refractivity contribution >= 4 is 23.0 Å². The van der Waals surface area contributed by atoms with Crippen LogP contribution in [0.2, 0.25) is 0 Å². The number of anilines is 4. The molecule has 1 fully saturated rings. The van der Waals surface area contributed by atoms with Crippen molar-refractivity contribution in [3.05, 3.63) is 36.2 Å². The number of nitrogen functional groups attached to an aromatic ring is 1. The molecule has 6 heteroatoms. The van der Waals surface area contributed by atoms with E-state index in [0.29, 0.717) is 5.69 Å². The average molecular weight is 355 g/mol. The fraction of sp³-hybridized carbons (Fsp3) is 0.500. The second-order valence-electron chi connectivity index (χ2n) is 6.87. The largest absolute Gasteiger partial charge is 0.393 e. The predicted octanol–water partition coefficient (Wildman–Crippen LogP) is 3.42. The number of hydrogen-bond acceptors (Lipinski definition) is 6. The highest BCUT2D eigenvalue weighted by Gasteiger charge is 2.16. The monoisotopic (exact) mass is 354 g/mol. The second kappa shape index (κ2) is 8.85. The molecule has 2 heterocycles. The minimum atomic E-state index is 0.606. The van der Waals surface area contributed by atoms with Crippen molar-refractivity contribution in [1.29, 1.82) is 0 Å². The van der Waals surface area contributed by atoms with Crippen LogP contribution in [-0.4, -0.2) is 47.6 Å². The summed E-state index contributed by atoms with van der Waals surface area (Å²) < 4.78 is 0. The van der Waals surface area contributed by atoms with Gasteiger partial charge in [-0.2, -0.15) is 0 Å². The van der Waals surface area contributed by atoms with Gasteiger partial charge in [0.15, 0.2) is 11.6 Å². The number of rotatable bonds is 7. The smallest absolute Gasteiger partial charge is 0.161 e. The van der Waals surface area contributed by atoms with E-state index in [9.17, 15) is 0 Å². The Labute approximate surface area is 156 Å². The second-order valence-corrected chi connectivity index (χ2v) is 6.87. The van der Waals surface area contributed by atoms with Gasteiger partial charge in [-0.15, -0.1) is 0 Å². The van der Waals surface area contributed by atoms with Gasteiger partial charge in [0, 0.05) is 25.3 Å². The van der Waals surface area contributed by atoms with E-state index in [-0.39, 0.29) is 0 Å². The van der Waals surface area contributed by atoms with E-state index < -0.39 is 0 Å². The highest BCUT2D eigenvalue weighted by molar-refractivity contribution is 5.79. The Morgan fingerprint density at radius 3 is 2.73 bits per heavy atom. The molecule has 0 amide bonds. The van der Waals surface area contributed by atoms with Gasteiger partial charge < -0.3 is 20.9 Å². The third-order valence-electron chi connectivity index (χ3n) is 4.92. The van der Waals surface area contributed by atoms with E-state index >= 15 is 0 Å². The van der Waals surface area contributed by atoms with Gasteiger partial charge in [-0.3, -0.25) is 0 Å². The summed E-state index contributed by atoms with van der Waals surface area (Å²) in [6, 6.07) is 8.38. The number of nitrogens with one attached hydrogen (secondary N) is 1. The third-order valence-corrected chi connectivity index (χ3v) is 4.92. The van der Waals surface area contributed by atoms with Crippen LogP contribution in [0.4, 0.5) is 23.0 Å². The summed E-state index contributed by atoms with van der Waals surface area (Å²) >= 11 is 0. The van der Waals surface area contributed by atoms with E-state index in [4.69, 9.17) is 5.73 Å². The van der Waals surface area contributed by atoms with Gasteiger partial charge in [-0.05, 0) is 57.5 Å². The van der Waals surface area contributed by atoms with Crippen LogP contribution in [0.15, 0.2) is 30.6 Å². The van der Waals surface area contributed by atoms with E-state index in [1.165, 1.54) is 37.9 Å². The molecule has 0 spiro atoms. The molecule has 1 aliphatic rings. The normalized spacial score (nSPS) is 15.0. The van der Waals surface area contributed by atoms with Crippen molar-refractivity contribution in [3.63, 3.8) is 0 Å². The van der Waals surface area contributed by atoms with Crippen LogP contribution in [0.1, 0.15) is 31.7 Å². The lowest BCUT2D eigenvalue weighted by molar-refractivity contribution is 0.237. The summed E-state index contributed by atoms with van der Waals surface area (Å²) in [5.74, 6) is 1.48. The first-order chi connectivity index (χ1) is 12.7. The Balaban J connectivity index is 1.71. The Morgan fingerprint density at radius 1 is 1.19 bits per heavy atom. The van der Waals surface area contributed by atoms with Crippen LogP contribution < -0.4 is 16.0 Å². The number of nitrogens with zero attached hydrogens (tertiary/aromatic N) is 4. The third kappa shape index (κ3) is 4.43. The van der Waals surface area contributed by atoms with Crippen LogP contribution >= 0.6 is 0 Å². The van der Waals surface area contributed by atoms with Crippen molar-refractivity contribution in [2.24, 2.45) is 0 Å². The van der Waals surface area contributed by atoms with Crippen LogP contribution in [0.5, 0.6) is 0 Å². The molecule has 140 valence electrons. The van der Waals surface area contributed by atoms with Crippen molar-refractivity contribution < 1.29 is 0 Å². The first-order valence-electron chi connectivity index (χ1n) is 9.60. The number of aromatic nitrogens is 2. The van der Waals surface area contributed by atoms with Gasteiger partial charge >= 0.3 is 0 Å². The van der Waals surface area contributed by atoms with Gasteiger partial charge in [0.1, 0.15) is 12.0 Å². The summed E-state index contributed by atoms with van der Waals surface area (Å²) in [5.41, 5.74) is 9.33. The Hall–Kier alpha value is -2.34. The molecule has 1 saturated heterocycles. The number of benzene rings is 1. The maximum atomic E-state index is 6.41. The van der Waals surface area contributed by atoms with Gasteiger partial charge in [0.05, 0.1) is 0 Å². The van der Waals surface area contributed by atoms with Crippen LogP contribution in [0, 0.1) is 6.92 Å². The molecule has 0 unspecified atom stereocenters. The van der Waals surface area contributed by atoms with Crippen LogP contribution in [0.25, 0.3) is 0 Å². The highest BCUT2D eigenvalue weighted by atomic mass is 15.2. The molecule has 2 aromatic rings. The van der Waals surface area contributed by atoms with Gasteiger partial charge in [0.25, 0.3) is 0 Å². The van der Waals surface area contributed by atoms with Gasteiger partial charge in [-0.1, -0.05) is 18.6 Å². The quantitative estimate of drug-likeness (QED) is 0.794. The number of aryl methyl sites for hydroxylation is 1. The predicted molar refractivity (Wildman–Crippen MR) is 109 cm³/mol. The zero-order valence-electron chi connectivity index (χ0n) is 15.9. The summed E-state index contributed by atoms with van der Waals surface area (Å²) in [4.78, 5) is 13.4. The topological polar surface area (TPSA) is 70.3 Å². The summed E-state index contributed by atoms with van der Waals surface area (Å²) in [5, 5.41) is 3.40. The van der Waals surface area contributed by atoms with Crippen LogP contribution in [0.3, 0.4) is 0 Å². The minimum absolute atomic E-state index is 0.606. The molecule has 0 aliphatic carbocycles. The Bertz CT molecular complexity index is 711. The molecule has 1 aliphatic heterocycles. The summed E-state index contributed by atoms with van der Waals surface area (Å²) in [6.45, 7) is 9.25. The van der Waals surface area contributed by atoms with Gasteiger partial charge in [-0.25, -0.2) is 9.97 Å². The highest BCUT2D eigenvalue weighted by Crippen LogP contribution is 2.31. The molecule has 1 aromatic carbocycles. The SMILES string of the molecule is CCN(c1cccc(C)c1)c1ncnc(NCCN2CCCCC2)c1N. The van der Waals surface area contributed by atoms with Crippen molar-refractivity contribution in [2.45, 2.75) is 33.1 Å². The molecule has 6 nitrogen and oxygen atoms in total. The molecular weight excluding hydrogens is 324 g/mol.